The van der Waals surface area contributed by atoms with Crippen molar-refractivity contribution in [3.05, 3.63) is 12.2 Å². The van der Waals surface area contributed by atoms with E-state index in [0.29, 0.717) is 24.2 Å². The Labute approximate surface area is 77.2 Å². The van der Waals surface area contributed by atoms with Crippen molar-refractivity contribution < 1.29 is 9.59 Å². The fourth-order valence-electron chi connectivity index (χ4n) is 2.66. The fourth-order valence-corrected chi connectivity index (χ4v) is 2.66. The number of allylic oxidation sites excluding steroid dienone is 2. The number of rotatable bonds is 2. The maximum absolute atomic E-state index is 11.5. The zero-order valence-electron chi connectivity index (χ0n) is 7.57. The van der Waals surface area contributed by atoms with Gasteiger partial charge in [-0.3, -0.25) is 14.9 Å². The summed E-state index contributed by atoms with van der Waals surface area (Å²) in [6.45, 7) is 2.09. The summed E-state index contributed by atoms with van der Waals surface area (Å²) in [7, 11) is 0. The minimum Gasteiger partial charge on any atom is -0.299 e. The zero-order chi connectivity index (χ0) is 9.42. The van der Waals surface area contributed by atoms with Gasteiger partial charge in [0.05, 0.1) is 0 Å². The molecule has 1 saturated carbocycles. The lowest BCUT2D eigenvalue weighted by Crippen LogP contribution is -2.35. The maximum Gasteiger partial charge on any atom is 0.230 e. The Morgan fingerprint density at radius 3 is 2.69 bits per heavy atom. The van der Waals surface area contributed by atoms with Gasteiger partial charge in [-0.25, -0.2) is 0 Å². The van der Waals surface area contributed by atoms with E-state index in [0.717, 1.165) is 6.42 Å². The molecule has 70 valence electrons. The van der Waals surface area contributed by atoms with Crippen LogP contribution in [0.1, 0.15) is 13.3 Å². The van der Waals surface area contributed by atoms with Crippen molar-refractivity contribution in [3.63, 3.8) is 0 Å². The minimum atomic E-state index is -0.112. The standard InChI is InChI=1S/C10H13NO2/c1-6-7-2-3-8(4-7)9(6)10(13)11-5-12/h2-3,5-9H,4H2,1H3,(H,11,12,13). The van der Waals surface area contributed by atoms with Gasteiger partial charge in [0.1, 0.15) is 0 Å². The molecule has 13 heavy (non-hydrogen) atoms. The summed E-state index contributed by atoms with van der Waals surface area (Å²) >= 11 is 0. The second-order valence-electron chi connectivity index (χ2n) is 3.96. The molecule has 0 radical (unpaired) electrons. The lowest BCUT2D eigenvalue weighted by Gasteiger charge is -2.22. The summed E-state index contributed by atoms with van der Waals surface area (Å²) in [5.74, 6) is 1.20. The Morgan fingerprint density at radius 2 is 2.15 bits per heavy atom. The van der Waals surface area contributed by atoms with Gasteiger partial charge in [0.2, 0.25) is 12.3 Å². The number of hydrogen-bond donors (Lipinski definition) is 1. The molecule has 1 fully saturated rings. The van der Waals surface area contributed by atoms with Gasteiger partial charge in [-0.05, 0) is 24.2 Å². The van der Waals surface area contributed by atoms with E-state index in [1.807, 2.05) is 0 Å². The lowest BCUT2D eigenvalue weighted by molar-refractivity contribution is -0.130. The molecular weight excluding hydrogens is 166 g/mol. The van der Waals surface area contributed by atoms with Crippen LogP contribution in [0.4, 0.5) is 0 Å². The van der Waals surface area contributed by atoms with Gasteiger partial charge in [0.25, 0.3) is 0 Å². The molecule has 0 aromatic carbocycles. The van der Waals surface area contributed by atoms with Crippen molar-refractivity contribution in [2.75, 3.05) is 0 Å². The second kappa shape index (κ2) is 2.98. The van der Waals surface area contributed by atoms with Gasteiger partial charge < -0.3 is 0 Å². The van der Waals surface area contributed by atoms with Gasteiger partial charge in [-0.2, -0.15) is 0 Å². The molecule has 4 atom stereocenters. The van der Waals surface area contributed by atoms with Crippen molar-refractivity contribution >= 4 is 12.3 Å². The van der Waals surface area contributed by atoms with Crippen LogP contribution in [0.2, 0.25) is 0 Å². The minimum absolute atomic E-state index is 0.0141. The molecule has 2 aliphatic rings. The third kappa shape index (κ3) is 1.19. The van der Waals surface area contributed by atoms with Crippen molar-refractivity contribution in [1.82, 2.24) is 5.32 Å². The number of nitrogens with one attached hydrogen (secondary N) is 1. The molecular formula is C10H13NO2. The van der Waals surface area contributed by atoms with Crippen molar-refractivity contribution in [2.45, 2.75) is 13.3 Å². The van der Waals surface area contributed by atoms with Crippen LogP contribution in [0.25, 0.3) is 0 Å². The summed E-state index contributed by atoms with van der Waals surface area (Å²) in [5, 5.41) is 2.25. The Kier molecular flexibility index (Phi) is 1.94. The van der Waals surface area contributed by atoms with Crippen LogP contribution in [0.3, 0.4) is 0 Å². The van der Waals surface area contributed by atoms with Gasteiger partial charge in [-0.15, -0.1) is 0 Å². The third-order valence-corrected chi connectivity index (χ3v) is 3.36. The van der Waals surface area contributed by atoms with Crippen LogP contribution in [-0.2, 0) is 9.59 Å². The molecule has 0 heterocycles. The number of amides is 2. The lowest BCUT2D eigenvalue weighted by atomic mass is 9.84. The smallest absolute Gasteiger partial charge is 0.230 e. The largest absolute Gasteiger partial charge is 0.299 e. The van der Waals surface area contributed by atoms with Crippen LogP contribution >= 0.6 is 0 Å². The Bertz CT molecular complexity index is 272. The quantitative estimate of drug-likeness (QED) is 0.501. The first kappa shape index (κ1) is 8.48. The molecule has 0 aromatic rings. The van der Waals surface area contributed by atoms with E-state index in [1.54, 1.807) is 0 Å². The molecule has 2 rings (SSSR count). The maximum atomic E-state index is 11.5. The van der Waals surface area contributed by atoms with E-state index < -0.39 is 0 Å². The predicted octanol–water partition coefficient (Wildman–Crippen LogP) is 0.717. The SMILES string of the molecule is CC1C2C=CC(C2)C1C(=O)NC=O. The highest BCUT2D eigenvalue weighted by molar-refractivity contribution is 5.88. The summed E-state index contributed by atoms with van der Waals surface area (Å²) in [6.07, 6.45) is 5.86. The molecule has 1 N–H and O–H groups in total. The first-order valence-corrected chi connectivity index (χ1v) is 4.66. The van der Waals surface area contributed by atoms with Crippen molar-refractivity contribution in [2.24, 2.45) is 23.7 Å². The highest BCUT2D eigenvalue weighted by Crippen LogP contribution is 2.47. The molecule has 0 spiro atoms. The molecule has 0 aromatic heterocycles. The molecule has 0 aliphatic heterocycles. The van der Waals surface area contributed by atoms with E-state index in [2.05, 4.69) is 24.4 Å². The van der Waals surface area contributed by atoms with E-state index in [1.165, 1.54) is 0 Å². The normalized spacial score (nSPS) is 40.7. The predicted molar refractivity (Wildman–Crippen MR) is 47.6 cm³/mol. The molecule has 0 saturated heterocycles. The summed E-state index contributed by atoms with van der Waals surface area (Å²) < 4.78 is 0. The van der Waals surface area contributed by atoms with E-state index in [9.17, 15) is 9.59 Å². The zero-order valence-corrected chi connectivity index (χ0v) is 7.57. The van der Waals surface area contributed by atoms with Crippen LogP contribution in [0.5, 0.6) is 0 Å². The summed E-state index contributed by atoms with van der Waals surface area (Å²) in [4.78, 5) is 21.6. The molecule has 3 nitrogen and oxygen atoms in total. The van der Waals surface area contributed by atoms with E-state index in [-0.39, 0.29) is 11.8 Å². The summed E-state index contributed by atoms with van der Waals surface area (Å²) in [6, 6.07) is 0. The van der Waals surface area contributed by atoms with E-state index >= 15 is 0 Å². The molecule has 2 bridgehead atoms. The Hall–Kier alpha value is -1.12. The molecule has 2 amide bonds. The first-order chi connectivity index (χ1) is 6.24. The number of imide groups is 1. The fraction of sp³-hybridized carbons (Fsp3) is 0.600. The topological polar surface area (TPSA) is 46.2 Å². The third-order valence-electron chi connectivity index (χ3n) is 3.36. The highest BCUT2D eigenvalue weighted by Gasteiger charge is 2.45. The molecule has 3 heteroatoms. The van der Waals surface area contributed by atoms with Crippen LogP contribution in [-0.4, -0.2) is 12.3 Å². The van der Waals surface area contributed by atoms with Crippen molar-refractivity contribution in [1.29, 1.82) is 0 Å². The van der Waals surface area contributed by atoms with Crippen LogP contribution in [0, 0.1) is 23.7 Å². The van der Waals surface area contributed by atoms with Gasteiger partial charge in [-0.1, -0.05) is 19.1 Å². The second-order valence-corrected chi connectivity index (χ2v) is 3.96. The average molecular weight is 179 g/mol. The number of carbonyl (C=O) groups excluding carboxylic acids is 2. The number of fused-ring (bicyclic) bond motifs is 2. The first-order valence-electron chi connectivity index (χ1n) is 4.66. The van der Waals surface area contributed by atoms with Crippen molar-refractivity contribution in [3.8, 4) is 0 Å². The highest BCUT2D eigenvalue weighted by atomic mass is 16.2. The van der Waals surface area contributed by atoms with Gasteiger partial charge in [0.15, 0.2) is 0 Å². The Morgan fingerprint density at radius 1 is 1.46 bits per heavy atom. The van der Waals surface area contributed by atoms with Gasteiger partial charge >= 0.3 is 0 Å². The van der Waals surface area contributed by atoms with Gasteiger partial charge in [0, 0.05) is 5.92 Å². The van der Waals surface area contributed by atoms with Crippen LogP contribution < -0.4 is 5.32 Å². The molecule has 4 unspecified atom stereocenters. The molecule has 2 aliphatic carbocycles. The number of carbonyl (C=O) groups is 2. The van der Waals surface area contributed by atoms with E-state index in [4.69, 9.17) is 0 Å². The number of hydrogen-bond acceptors (Lipinski definition) is 2. The average Bonchev–Trinajstić information content (AvgIpc) is 2.63. The summed E-state index contributed by atoms with van der Waals surface area (Å²) in [5.41, 5.74) is 0. The van der Waals surface area contributed by atoms with Crippen LogP contribution in [0.15, 0.2) is 12.2 Å². The monoisotopic (exact) mass is 179 g/mol. The Balaban J connectivity index is 2.12.